The first-order chi connectivity index (χ1) is 10.6. The van der Waals surface area contributed by atoms with Crippen molar-refractivity contribution in [3.8, 4) is 5.75 Å². The maximum Gasteiger partial charge on any atom is 0.325 e. The molecule has 1 atom stereocenters. The number of aromatic amines is 2. The van der Waals surface area contributed by atoms with Gasteiger partial charge in [0, 0.05) is 5.39 Å². The van der Waals surface area contributed by atoms with Crippen LogP contribution in [0, 0.1) is 0 Å². The second-order valence-corrected chi connectivity index (χ2v) is 5.26. The van der Waals surface area contributed by atoms with E-state index in [-0.39, 0.29) is 11.9 Å². The van der Waals surface area contributed by atoms with Gasteiger partial charge in [-0.05, 0) is 44.3 Å². The Morgan fingerprint density at radius 2 is 2.00 bits per heavy atom. The molecule has 0 aliphatic carbocycles. The highest BCUT2D eigenvalue weighted by Crippen LogP contribution is 2.23. The molecule has 0 aliphatic rings. The fourth-order valence-corrected chi connectivity index (χ4v) is 2.69. The van der Waals surface area contributed by atoms with Crippen molar-refractivity contribution < 1.29 is 4.74 Å². The Hall–Kier alpha value is -2.34. The fraction of sp³-hybridized carbons (Fsp3) is 0.375. The van der Waals surface area contributed by atoms with Crippen LogP contribution >= 0.6 is 0 Å². The molecule has 6 nitrogen and oxygen atoms in total. The number of nitrogens with one attached hydrogen (secondary N) is 2. The van der Waals surface area contributed by atoms with Crippen molar-refractivity contribution in [3.05, 3.63) is 34.7 Å². The average Bonchev–Trinajstić information content (AvgIpc) is 2.85. The summed E-state index contributed by atoms with van der Waals surface area (Å²) in [5, 5.41) is 0.937. The van der Waals surface area contributed by atoms with Crippen LogP contribution < -0.4 is 10.4 Å². The van der Waals surface area contributed by atoms with Crippen LogP contribution in [0.15, 0.2) is 29.1 Å². The molecule has 22 heavy (non-hydrogen) atoms. The van der Waals surface area contributed by atoms with Gasteiger partial charge in [-0.1, -0.05) is 13.8 Å². The molecule has 2 heterocycles. The Balaban J connectivity index is 1.94. The molecule has 1 unspecified atom stereocenters. The molecule has 0 saturated carbocycles. The third kappa shape index (κ3) is 2.69. The zero-order valence-electron chi connectivity index (χ0n) is 13.0. The van der Waals surface area contributed by atoms with E-state index in [4.69, 9.17) is 4.74 Å². The molecule has 0 radical (unpaired) electrons. The van der Waals surface area contributed by atoms with E-state index in [1.54, 1.807) is 0 Å². The maximum atomic E-state index is 11.3. The minimum absolute atomic E-state index is 0.0104. The van der Waals surface area contributed by atoms with E-state index < -0.39 is 0 Å². The molecule has 6 heteroatoms. The molecule has 0 bridgehead atoms. The van der Waals surface area contributed by atoms with E-state index in [1.165, 1.54) is 0 Å². The Morgan fingerprint density at radius 1 is 1.23 bits per heavy atom. The van der Waals surface area contributed by atoms with Gasteiger partial charge in [0.05, 0.1) is 11.0 Å². The summed E-state index contributed by atoms with van der Waals surface area (Å²) < 4.78 is 6.00. The number of H-pyrrole nitrogens is 2. The molecule has 0 fully saturated rings. The first-order valence-electron chi connectivity index (χ1n) is 7.54. The van der Waals surface area contributed by atoms with Crippen LogP contribution in [0.1, 0.15) is 20.8 Å². The fourth-order valence-electron chi connectivity index (χ4n) is 2.69. The SMILES string of the molecule is CCN(CC)C(C)Oc1ccc2nc3[nH]c(=O)[nH]c3cc2c1. The minimum Gasteiger partial charge on any atom is -0.475 e. The molecule has 1 aromatic carbocycles. The van der Waals surface area contributed by atoms with Gasteiger partial charge in [0.1, 0.15) is 12.0 Å². The normalized spacial score (nSPS) is 13.1. The van der Waals surface area contributed by atoms with Gasteiger partial charge in [0.25, 0.3) is 0 Å². The summed E-state index contributed by atoms with van der Waals surface area (Å²) >= 11 is 0. The van der Waals surface area contributed by atoms with E-state index >= 15 is 0 Å². The number of ether oxygens (including phenoxy) is 1. The highest BCUT2D eigenvalue weighted by molar-refractivity contribution is 5.89. The van der Waals surface area contributed by atoms with Crippen molar-refractivity contribution in [2.75, 3.05) is 13.1 Å². The number of fused-ring (bicyclic) bond motifs is 2. The average molecular weight is 300 g/mol. The smallest absolute Gasteiger partial charge is 0.325 e. The third-order valence-corrected chi connectivity index (χ3v) is 3.90. The first-order valence-corrected chi connectivity index (χ1v) is 7.54. The van der Waals surface area contributed by atoms with Crippen molar-refractivity contribution in [2.24, 2.45) is 0 Å². The van der Waals surface area contributed by atoms with Crippen LogP contribution in [0.25, 0.3) is 22.1 Å². The van der Waals surface area contributed by atoms with Gasteiger partial charge in [-0.25, -0.2) is 9.78 Å². The summed E-state index contributed by atoms with van der Waals surface area (Å²) in [6, 6.07) is 7.67. The predicted molar refractivity (Wildman–Crippen MR) is 87.2 cm³/mol. The first kappa shape index (κ1) is 14.6. The van der Waals surface area contributed by atoms with Gasteiger partial charge < -0.3 is 9.72 Å². The number of imidazole rings is 1. The number of hydrogen-bond donors (Lipinski definition) is 2. The molecule has 116 valence electrons. The Morgan fingerprint density at radius 3 is 2.73 bits per heavy atom. The van der Waals surface area contributed by atoms with Crippen LogP contribution in [0.4, 0.5) is 0 Å². The summed E-state index contributed by atoms with van der Waals surface area (Å²) in [5.41, 5.74) is 1.85. The van der Waals surface area contributed by atoms with Gasteiger partial charge in [-0.2, -0.15) is 0 Å². The number of rotatable bonds is 5. The summed E-state index contributed by atoms with van der Waals surface area (Å²) in [6.07, 6.45) is 0.0104. The summed E-state index contributed by atoms with van der Waals surface area (Å²) in [7, 11) is 0. The minimum atomic E-state index is -0.246. The molecule has 0 spiro atoms. The summed E-state index contributed by atoms with van der Waals surface area (Å²) in [5.74, 6) is 0.797. The van der Waals surface area contributed by atoms with Crippen molar-refractivity contribution in [3.63, 3.8) is 0 Å². The standard InChI is InChI=1S/C16H20N4O2/c1-4-20(5-2)10(3)22-12-6-7-13-11(8-12)9-14-15(17-13)19-16(21)18-14/h6-10H,4-5H2,1-3H3,(H2,17,18,19,21). The van der Waals surface area contributed by atoms with Crippen LogP contribution in [0.5, 0.6) is 5.75 Å². The Kier molecular flexibility index (Phi) is 3.85. The lowest BCUT2D eigenvalue weighted by Crippen LogP contribution is -2.36. The van der Waals surface area contributed by atoms with E-state index in [0.717, 1.165) is 29.7 Å². The number of aromatic nitrogens is 3. The summed E-state index contributed by atoms with van der Waals surface area (Å²) in [4.78, 5) is 23.4. The van der Waals surface area contributed by atoms with Gasteiger partial charge in [-0.3, -0.25) is 9.88 Å². The van der Waals surface area contributed by atoms with E-state index in [0.29, 0.717) is 11.2 Å². The Labute approximate surface area is 128 Å². The third-order valence-electron chi connectivity index (χ3n) is 3.90. The van der Waals surface area contributed by atoms with E-state index in [2.05, 4.69) is 33.7 Å². The number of benzene rings is 1. The van der Waals surface area contributed by atoms with E-state index in [9.17, 15) is 4.79 Å². The molecular formula is C16H20N4O2. The molecule has 0 saturated heterocycles. The highest BCUT2D eigenvalue weighted by atomic mass is 16.5. The van der Waals surface area contributed by atoms with Crippen LogP contribution in [-0.4, -0.2) is 39.2 Å². The maximum absolute atomic E-state index is 11.3. The zero-order chi connectivity index (χ0) is 15.7. The molecule has 3 rings (SSSR count). The number of hydrogen-bond acceptors (Lipinski definition) is 4. The van der Waals surface area contributed by atoms with Gasteiger partial charge >= 0.3 is 5.69 Å². The lowest BCUT2D eigenvalue weighted by molar-refractivity contribution is 0.0482. The lowest BCUT2D eigenvalue weighted by atomic mass is 10.2. The Bertz CT molecular complexity index is 848. The second-order valence-electron chi connectivity index (χ2n) is 5.26. The largest absolute Gasteiger partial charge is 0.475 e. The molecule has 0 amide bonds. The van der Waals surface area contributed by atoms with Crippen LogP contribution in [0.3, 0.4) is 0 Å². The molecule has 3 aromatic rings. The summed E-state index contributed by atoms with van der Waals surface area (Å²) in [6.45, 7) is 8.16. The van der Waals surface area contributed by atoms with Crippen LogP contribution in [0.2, 0.25) is 0 Å². The quantitative estimate of drug-likeness (QED) is 0.710. The monoisotopic (exact) mass is 300 g/mol. The topological polar surface area (TPSA) is 74.0 Å². The van der Waals surface area contributed by atoms with Crippen molar-refractivity contribution in [1.29, 1.82) is 0 Å². The van der Waals surface area contributed by atoms with Crippen LogP contribution in [-0.2, 0) is 0 Å². The second kappa shape index (κ2) is 5.81. The molecule has 2 aromatic heterocycles. The van der Waals surface area contributed by atoms with E-state index in [1.807, 2.05) is 31.2 Å². The van der Waals surface area contributed by atoms with Gasteiger partial charge in [0.15, 0.2) is 5.65 Å². The number of nitrogens with zero attached hydrogens (tertiary/aromatic N) is 2. The molecule has 0 aliphatic heterocycles. The number of pyridine rings is 1. The highest BCUT2D eigenvalue weighted by Gasteiger charge is 2.12. The van der Waals surface area contributed by atoms with Gasteiger partial charge in [0.2, 0.25) is 0 Å². The van der Waals surface area contributed by atoms with Crippen molar-refractivity contribution >= 4 is 22.1 Å². The lowest BCUT2D eigenvalue weighted by Gasteiger charge is -2.26. The van der Waals surface area contributed by atoms with Crippen molar-refractivity contribution in [2.45, 2.75) is 27.0 Å². The van der Waals surface area contributed by atoms with Gasteiger partial charge in [-0.15, -0.1) is 0 Å². The molecule has 2 N–H and O–H groups in total. The molecular weight excluding hydrogens is 280 g/mol. The predicted octanol–water partition coefficient (Wildman–Crippen LogP) is 2.47. The van der Waals surface area contributed by atoms with Crippen molar-refractivity contribution in [1.82, 2.24) is 19.9 Å². The zero-order valence-corrected chi connectivity index (χ0v) is 13.0.